The third kappa shape index (κ3) is 4.06. The van der Waals surface area contributed by atoms with Crippen LogP contribution in [0.25, 0.3) is 0 Å². The molecule has 0 saturated heterocycles. The van der Waals surface area contributed by atoms with Crippen molar-refractivity contribution in [1.29, 1.82) is 5.26 Å². The number of nitrogens with zero attached hydrogens (tertiary/aromatic N) is 1. The molecule has 1 aromatic rings. The summed E-state index contributed by atoms with van der Waals surface area (Å²) in [6, 6.07) is 4.92. The summed E-state index contributed by atoms with van der Waals surface area (Å²) in [6.07, 6.45) is 0. The molecule has 0 saturated carbocycles. The molecule has 1 aromatic heterocycles. The number of hydrogen-bond donors (Lipinski definition) is 2. The molecule has 1 unspecified atom stereocenters. The van der Waals surface area contributed by atoms with E-state index in [0.29, 0.717) is 4.34 Å². The molecule has 0 bridgehead atoms. The van der Waals surface area contributed by atoms with E-state index in [4.69, 9.17) is 16.9 Å². The number of thiophene rings is 1. The summed E-state index contributed by atoms with van der Waals surface area (Å²) in [5.41, 5.74) is 0. The van der Waals surface area contributed by atoms with Crippen molar-refractivity contribution >= 4 is 34.8 Å². The molecule has 0 radical (unpaired) electrons. The second-order valence-electron chi connectivity index (χ2n) is 3.18. The maximum Gasteiger partial charge on any atom is 0.310 e. The van der Waals surface area contributed by atoms with Crippen LogP contribution in [0.5, 0.6) is 0 Å². The molecule has 1 atom stereocenters. The predicted molar refractivity (Wildman–Crippen MR) is 64.5 cm³/mol. The predicted octanol–water partition coefficient (Wildman–Crippen LogP) is 1.22. The molecular weight excluding hydrogens is 262 g/mol. The van der Waals surface area contributed by atoms with Crippen LogP contribution in [-0.4, -0.2) is 18.4 Å². The average molecular weight is 272 g/mol. The molecule has 0 aliphatic carbocycles. The molecule has 1 heterocycles. The highest BCUT2D eigenvalue weighted by Gasteiger charge is 2.17. The number of carbonyl (C=O) groups is 2. The van der Waals surface area contributed by atoms with Gasteiger partial charge in [-0.1, -0.05) is 11.6 Å². The van der Waals surface area contributed by atoms with E-state index in [9.17, 15) is 9.59 Å². The Hall–Kier alpha value is -1.58. The zero-order valence-corrected chi connectivity index (χ0v) is 10.6. The van der Waals surface area contributed by atoms with Gasteiger partial charge in [0.15, 0.2) is 0 Å². The number of nitriles is 1. The number of carbonyl (C=O) groups excluding carboxylic acids is 2. The molecule has 2 N–H and O–H groups in total. The Morgan fingerprint density at radius 3 is 2.76 bits per heavy atom. The lowest BCUT2D eigenvalue weighted by Crippen LogP contribution is -2.40. The van der Waals surface area contributed by atoms with Gasteiger partial charge in [0.1, 0.15) is 6.54 Å². The molecule has 1 rings (SSSR count). The minimum Gasteiger partial charge on any atom is -0.341 e. The van der Waals surface area contributed by atoms with Crippen LogP contribution in [0, 0.1) is 11.3 Å². The maximum atomic E-state index is 11.4. The van der Waals surface area contributed by atoms with Crippen molar-refractivity contribution in [2.24, 2.45) is 0 Å². The maximum absolute atomic E-state index is 11.4. The summed E-state index contributed by atoms with van der Waals surface area (Å²) in [7, 11) is 0. The van der Waals surface area contributed by atoms with Gasteiger partial charge in [0.25, 0.3) is 0 Å². The van der Waals surface area contributed by atoms with Gasteiger partial charge in [-0.2, -0.15) is 5.26 Å². The van der Waals surface area contributed by atoms with Crippen LogP contribution in [0.1, 0.15) is 17.8 Å². The molecule has 0 spiro atoms. The minimum atomic E-state index is -0.818. The SMILES string of the molecule is CC(NC(=O)C(=O)NCC#N)c1ccc(Cl)s1. The Balaban J connectivity index is 2.51. The highest BCUT2D eigenvalue weighted by molar-refractivity contribution is 7.16. The fraction of sp³-hybridized carbons (Fsp3) is 0.300. The first kappa shape index (κ1) is 13.5. The van der Waals surface area contributed by atoms with Crippen LogP contribution in [0.15, 0.2) is 12.1 Å². The van der Waals surface area contributed by atoms with Gasteiger partial charge in [0.05, 0.1) is 16.4 Å². The number of rotatable bonds is 3. The van der Waals surface area contributed by atoms with Crippen molar-refractivity contribution < 1.29 is 9.59 Å². The lowest BCUT2D eigenvalue weighted by atomic mass is 10.3. The molecule has 0 aliphatic rings. The minimum absolute atomic E-state index is 0.189. The van der Waals surface area contributed by atoms with Crippen molar-refractivity contribution in [2.45, 2.75) is 13.0 Å². The van der Waals surface area contributed by atoms with Crippen molar-refractivity contribution in [3.05, 3.63) is 21.3 Å². The zero-order chi connectivity index (χ0) is 12.8. The lowest BCUT2D eigenvalue weighted by Gasteiger charge is -2.11. The Kier molecular flexibility index (Phi) is 4.94. The van der Waals surface area contributed by atoms with Crippen molar-refractivity contribution in [3.63, 3.8) is 0 Å². The van der Waals surface area contributed by atoms with Gasteiger partial charge in [-0.15, -0.1) is 11.3 Å². The first-order chi connectivity index (χ1) is 8.04. The van der Waals surface area contributed by atoms with Gasteiger partial charge in [-0.3, -0.25) is 9.59 Å². The molecule has 0 aromatic carbocycles. The summed E-state index contributed by atoms with van der Waals surface area (Å²) >= 11 is 7.10. The molecule has 2 amide bonds. The Morgan fingerprint density at radius 1 is 1.53 bits per heavy atom. The van der Waals surface area contributed by atoms with Gasteiger partial charge < -0.3 is 10.6 Å². The first-order valence-electron chi connectivity index (χ1n) is 4.75. The highest BCUT2D eigenvalue weighted by Crippen LogP contribution is 2.26. The first-order valence-corrected chi connectivity index (χ1v) is 5.95. The van der Waals surface area contributed by atoms with E-state index in [2.05, 4.69) is 10.6 Å². The molecule has 7 heteroatoms. The van der Waals surface area contributed by atoms with E-state index < -0.39 is 11.8 Å². The normalized spacial score (nSPS) is 11.4. The fourth-order valence-corrected chi connectivity index (χ4v) is 2.16. The number of halogens is 1. The van der Waals surface area contributed by atoms with E-state index in [1.54, 1.807) is 25.1 Å². The average Bonchev–Trinajstić information content (AvgIpc) is 2.72. The van der Waals surface area contributed by atoms with Crippen LogP contribution < -0.4 is 10.6 Å². The summed E-state index contributed by atoms with van der Waals surface area (Å²) in [5, 5.41) is 12.9. The van der Waals surface area contributed by atoms with Crippen LogP contribution in [-0.2, 0) is 9.59 Å². The number of nitrogens with one attached hydrogen (secondary N) is 2. The molecule has 5 nitrogen and oxygen atoms in total. The second-order valence-corrected chi connectivity index (χ2v) is 4.92. The summed E-state index contributed by atoms with van der Waals surface area (Å²) < 4.78 is 0.620. The molecule has 17 heavy (non-hydrogen) atoms. The van der Waals surface area contributed by atoms with E-state index in [-0.39, 0.29) is 12.6 Å². The van der Waals surface area contributed by atoms with Gasteiger partial charge in [-0.25, -0.2) is 0 Å². The summed E-state index contributed by atoms with van der Waals surface area (Å²) in [5.74, 6) is -1.58. The Bertz CT molecular complexity index is 466. The number of hydrogen-bond acceptors (Lipinski definition) is 4. The van der Waals surface area contributed by atoms with E-state index >= 15 is 0 Å². The third-order valence-corrected chi connectivity index (χ3v) is 3.32. The van der Waals surface area contributed by atoms with E-state index in [1.165, 1.54) is 11.3 Å². The largest absolute Gasteiger partial charge is 0.341 e. The van der Waals surface area contributed by atoms with E-state index in [0.717, 1.165) is 4.88 Å². The van der Waals surface area contributed by atoms with Crippen LogP contribution >= 0.6 is 22.9 Å². The van der Waals surface area contributed by atoms with Gasteiger partial charge >= 0.3 is 11.8 Å². The van der Waals surface area contributed by atoms with E-state index in [1.807, 2.05) is 0 Å². The monoisotopic (exact) mass is 271 g/mol. The Labute approximate surface area is 107 Å². The van der Waals surface area contributed by atoms with Crippen molar-refractivity contribution in [3.8, 4) is 6.07 Å². The lowest BCUT2D eigenvalue weighted by molar-refractivity contribution is -0.139. The van der Waals surface area contributed by atoms with Crippen LogP contribution in [0.3, 0.4) is 0 Å². The zero-order valence-electron chi connectivity index (χ0n) is 8.99. The van der Waals surface area contributed by atoms with Gasteiger partial charge in [0, 0.05) is 4.88 Å². The topological polar surface area (TPSA) is 82.0 Å². The number of amides is 2. The third-order valence-electron chi connectivity index (χ3n) is 1.90. The molecule has 0 aliphatic heterocycles. The summed E-state index contributed by atoms with van der Waals surface area (Å²) in [4.78, 5) is 23.4. The van der Waals surface area contributed by atoms with Crippen molar-refractivity contribution in [1.82, 2.24) is 10.6 Å². The second kappa shape index (κ2) is 6.23. The molecule has 0 fully saturated rings. The Morgan fingerprint density at radius 2 is 2.24 bits per heavy atom. The standard InChI is InChI=1S/C10H10ClN3O2S/c1-6(7-2-3-8(11)17-7)14-10(16)9(15)13-5-4-12/h2-3,6H,5H2,1H3,(H,13,15)(H,14,16). The fourth-order valence-electron chi connectivity index (χ4n) is 1.09. The summed E-state index contributed by atoms with van der Waals surface area (Å²) in [6.45, 7) is 1.56. The van der Waals surface area contributed by atoms with Crippen LogP contribution in [0.4, 0.5) is 0 Å². The quantitative estimate of drug-likeness (QED) is 0.641. The van der Waals surface area contributed by atoms with Gasteiger partial charge in [-0.05, 0) is 19.1 Å². The smallest absolute Gasteiger partial charge is 0.310 e. The van der Waals surface area contributed by atoms with Crippen LogP contribution in [0.2, 0.25) is 4.34 Å². The van der Waals surface area contributed by atoms with Gasteiger partial charge in [0.2, 0.25) is 0 Å². The van der Waals surface area contributed by atoms with Crippen molar-refractivity contribution in [2.75, 3.05) is 6.54 Å². The molecule has 90 valence electrons. The highest BCUT2D eigenvalue weighted by atomic mass is 35.5. The molecular formula is C10H10ClN3O2S.